The minimum absolute atomic E-state index is 0.0548. The molecule has 1 aromatic heterocycles. The summed E-state index contributed by atoms with van der Waals surface area (Å²) in [5, 5.41) is 18.9. The first-order valence-corrected chi connectivity index (χ1v) is 12.3. The average Bonchev–Trinajstić information content (AvgIpc) is 3.25. The summed E-state index contributed by atoms with van der Waals surface area (Å²) in [6.07, 6.45) is -0.778. The van der Waals surface area contributed by atoms with Crippen LogP contribution in [0.4, 0.5) is 4.79 Å². The lowest BCUT2D eigenvalue weighted by molar-refractivity contribution is -0.136. The smallest absolute Gasteiger partial charge is 0.418 e. The molecule has 10 nitrogen and oxygen atoms in total. The molecular formula is C20H25N5O5S2. The van der Waals surface area contributed by atoms with Crippen molar-refractivity contribution in [3.63, 3.8) is 0 Å². The molecule has 172 valence electrons. The monoisotopic (exact) mass is 479 g/mol. The van der Waals surface area contributed by atoms with Crippen LogP contribution in [0.3, 0.4) is 0 Å². The van der Waals surface area contributed by atoms with Gasteiger partial charge >= 0.3 is 6.09 Å². The van der Waals surface area contributed by atoms with Gasteiger partial charge < -0.3 is 20.3 Å². The molecule has 12 heteroatoms. The summed E-state index contributed by atoms with van der Waals surface area (Å²) in [7, 11) is 2.08. The third-order valence-corrected chi connectivity index (χ3v) is 7.20. The van der Waals surface area contributed by atoms with E-state index in [1.807, 2.05) is 44.2 Å². The number of amides is 3. The van der Waals surface area contributed by atoms with Crippen LogP contribution >= 0.6 is 21.8 Å². The number of carboxylic acid groups (broad SMARTS) is 1. The summed E-state index contributed by atoms with van der Waals surface area (Å²) in [5.41, 5.74) is 0.948. The van der Waals surface area contributed by atoms with E-state index < -0.39 is 24.2 Å². The minimum Gasteiger partial charge on any atom is -0.464 e. The van der Waals surface area contributed by atoms with Gasteiger partial charge in [-0.2, -0.15) is 4.98 Å². The van der Waals surface area contributed by atoms with E-state index in [1.165, 1.54) is 0 Å². The third-order valence-electron chi connectivity index (χ3n) is 4.79. The number of aromatic nitrogens is 2. The van der Waals surface area contributed by atoms with Crippen LogP contribution in [0, 0.1) is 0 Å². The third kappa shape index (κ3) is 5.94. The van der Waals surface area contributed by atoms with E-state index in [-0.39, 0.29) is 29.4 Å². The highest BCUT2D eigenvalue weighted by Crippen LogP contribution is 2.35. The van der Waals surface area contributed by atoms with Gasteiger partial charge in [0.1, 0.15) is 18.1 Å². The van der Waals surface area contributed by atoms with Crippen LogP contribution in [0.25, 0.3) is 0 Å². The molecule has 32 heavy (non-hydrogen) atoms. The Balaban J connectivity index is 1.53. The Hall–Kier alpha value is -2.73. The van der Waals surface area contributed by atoms with Crippen LogP contribution < -0.4 is 10.6 Å². The Labute approximate surface area is 193 Å². The maximum Gasteiger partial charge on any atom is 0.418 e. The zero-order valence-electron chi connectivity index (χ0n) is 17.8. The first-order chi connectivity index (χ1) is 15.3. The van der Waals surface area contributed by atoms with Crippen LogP contribution in [0.1, 0.15) is 50.0 Å². The first kappa shape index (κ1) is 23.9. The molecule has 1 saturated heterocycles. The Bertz CT molecular complexity index is 955. The number of hydrogen-bond acceptors (Lipinski definition) is 8. The number of nitrogens with zero attached hydrogens (tertiary/aromatic N) is 3. The molecule has 2 heterocycles. The number of piperazine rings is 1. The fourth-order valence-corrected chi connectivity index (χ4v) is 5.29. The Morgan fingerprint density at radius 3 is 2.44 bits per heavy atom. The predicted octanol–water partition coefficient (Wildman–Crippen LogP) is 2.76. The highest BCUT2D eigenvalue weighted by atomic mass is 33.1. The highest BCUT2D eigenvalue weighted by molar-refractivity contribution is 8.75. The average molecular weight is 480 g/mol. The Morgan fingerprint density at radius 1 is 1.16 bits per heavy atom. The van der Waals surface area contributed by atoms with Gasteiger partial charge in [0.05, 0.1) is 0 Å². The van der Waals surface area contributed by atoms with Crippen molar-refractivity contribution in [3.05, 3.63) is 47.6 Å². The van der Waals surface area contributed by atoms with Gasteiger partial charge in [0.2, 0.25) is 17.7 Å². The number of hydrogen-bond donors (Lipinski definition) is 3. The zero-order valence-corrected chi connectivity index (χ0v) is 19.5. The molecule has 0 aliphatic carbocycles. The fourth-order valence-electron chi connectivity index (χ4n) is 2.96. The summed E-state index contributed by atoms with van der Waals surface area (Å²) < 4.78 is 6.27. The van der Waals surface area contributed by atoms with E-state index in [9.17, 15) is 19.5 Å². The van der Waals surface area contributed by atoms with E-state index in [4.69, 9.17) is 4.52 Å². The fraction of sp³-hybridized carbons (Fsp3) is 0.450. The van der Waals surface area contributed by atoms with Crippen molar-refractivity contribution in [3.8, 4) is 0 Å². The molecule has 1 aliphatic heterocycles. The van der Waals surface area contributed by atoms with Crippen LogP contribution in [0.15, 0.2) is 34.9 Å². The quantitative estimate of drug-likeness (QED) is 0.366. The molecule has 1 fully saturated rings. The summed E-state index contributed by atoms with van der Waals surface area (Å²) in [6, 6.07) is 7.35. The molecule has 3 rings (SSSR count). The number of benzene rings is 1. The topological polar surface area (TPSA) is 138 Å². The van der Waals surface area contributed by atoms with E-state index >= 15 is 0 Å². The first-order valence-electron chi connectivity index (χ1n) is 10.1. The van der Waals surface area contributed by atoms with Crippen molar-refractivity contribution in [1.29, 1.82) is 0 Å². The lowest BCUT2D eigenvalue weighted by atomic mass is 10.0. The van der Waals surface area contributed by atoms with Crippen molar-refractivity contribution in [2.24, 2.45) is 0 Å². The summed E-state index contributed by atoms with van der Waals surface area (Å²) >= 11 is 0. The van der Waals surface area contributed by atoms with Crippen molar-refractivity contribution in [2.75, 3.05) is 5.75 Å². The van der Waals surface area contributed by atoms with Gasteiger partial charge in [0.25, 0.3) is 0 Å². The van der Waals surface area contributed by atoms with E-state index in [0.717, 1.165) is 31.6 Å². The Morgan fingerprint density at radius 2 is 1.81 bits per heavy atom. The molecule has 1 unspecified atom stereocenters. The van der Waals surface area contributed by atoms with Crippen LogP contribution in [0.2, 0.25) is 0 Å². The van der Waals surface area contributed by atoms with Crippen molar-refractivity contribution in [1.82, 2.24) is 25.1 Å². The number of carbonyl (C=O) groups excluding carboxylic acids is 2. The minimum atomic E-state index is -1.18. The van der Waals surface area contributed by atoms with Crippen LogP contribution in [0.5, 0.6) is 0 Å². The summed E-state index contributed by atoms with van der Waals surface area (Å²) in [4.78, 5) is 40.9. The molecule has 3 atom stereocenters. The van der Waals surface area contributed by atoms with Crippen molar-refractivity contribution in [2.45, 2.75) is 51.2 Å². The number of carbonyl (C=O) groups is 3. The van der Waals surface area contributed by atoms with Gasteiger partial charge in [-0.1, -0.05) is 60.1 Å². The lowest BCUT2D eigenvalue weighted by Gasteiger charge is -2.30. The van der Waals surface area contributed by atoms with Gasteiger partial charge in [-0.3, -0.25) is 9.59 Å². The molecule has 3 N–H and O–H groups in total. The number of nitrogens with one attached hydrogen (secondary N) is 2. The lowest BCUT2D eigenvalue weighted by Crippen LogP contribution is -2.63. The van der Waals surface area contributed by atoms with E-state index in [2.05, 4.69) is 20.8 Å². The van der Waals surface area contributed by atoms with E-state index in [1.54, 1.807) is 6.92 Å². The predicted molar refractivity (Wildman–Crippen MR) is 121 cm³/mol. The molecule has 0 saturated carbocycles. The summed E-state index contributed by atoms with van der Waals surface area (Å²) in [6.45, 7) is 5.46. The molecule has 0 bridgehead atoms. The van der Waals surface area contributed by atoms with Gasteiger partial charge in [0.15, 0.2) is 5.82 Å². The molecule has 1 aliphatic rings. The number of rotatable bonds is 9. The molecule has 0 radical (unpaired) electrons. The molecule has 3 amide bonds. The molecule has 0 spiro atoms. The maximum atomic E-state index is 12.5. The molecular weight excluding hydrogens is 454 g/mol. The zero-order chi connectivity index (χ0) is 23.3. The maximum absolute atomic E-state index is 12.5. The van der Waals surface area contributed by atoms with Gasteiger partial charge in [0, 0.05) is 29.1 Å². The van der Waals surface area contributed by atoms with Crippen molar-refractivity contribution >= 4 is 39.7 Å². The second kappa shape index (κ2) is 10.7. The van der Waals surface area contributed by atoms with Gasteiger partial charge in [-0.25, -0.2) is 9.10 Å². The van der Waals surface area contributed by atoms with Gasteiger partial charge in [-0.05, 0) is 12.5 Å². The van der Waals surface area contributed by atoms with E-state index in [0.29, 0.717) is 12.2 Å². The second-order valence-corrected chi connectivity index (χ2v) is 9.87. The second-order valence-electron chi connectivity index (χ2n) is 7.60. The van der Waals surface area contributed by atoms with Crippen LogP contribution in [-0.4, -0.2) is 55.3 Å². The Kier molecular flexibility index (Phi) is 8.02. The normalized spacial score (nSPS) is 19.4. The van der Waals surface area contributed by atoms with Crippen molar-refractivity contribution < 1.29 is 24.0 Å². The molecule has 2 aromatic rings. The molecule has 1 aromatic carbocycles. The van der Waals surface area contributed by atoms with Gasteiger partial charge in [-0.15, -0.1) is 0 Å². The van der Waals surface area contributed by atoms with Crippen LogP contribution in [-0.2, 0) is 16.0 Å². The summed E-state index contributed by atoms with van der Waals surface area (Å²) in [5.74, 6) is 0.377. The highest BCUT2D eigenvalue weighted by Gasteiger charge is 2.34. The standard InChI is InChI=1S/C20H25N5O5S2/c1-11(2)16-23-19(30-24-16)12(3)25(20(28)29)32-31-10-15-18(27)21-14(17(26)22-15)9-13-7-5-4-6-8-13/h4-8,11-12,14-15H,9-10H2,1-3H3,(H,21,27)(H,22,26)(H,28,29)/t12?,14-,15+/m1/s1. The SMILES string of the molecule is CC(C)c1noc(C(C)N(SSC[C@@H]2NC(=O)[C@@H](Cc3ccccc3)NC2=O)C(=O)O)n1. The largest absolute Gasteiger partial charge is 0.464 e.